The molecule has 0 fully saturated rings. The van der Waals surface area contributed by atoms with E-state index in [0.717, 1.165) is 21.2 Å². The van der Waals surface area contributed by atoms with Gasteiger partial charge in [-0.05, 0) is 18.6 Å². The number of aryl methyl sites for hydroxylation is 1. The van der Waals surface area contributed by atoms with Gasteiger partial charge in [0.2, 0.25) is 5.91 Å². The number of anilines is 1. The van der Waals surface area contributed by atoms with Crippen LogP contribution in [0.4, 0.5) is 5.13 Å². The van der Waals surface area contributed by atoms with Crippen molar-refractivity contribution in [3.8, 4) is 0 Å². The fraction of sp³-hybridized carbons (Fsp3) is 0.375. The number of hydrogen-bond donors (Lipinski definition) is 2. The van der Waals surface area contributed by atoms with Crippen LogP contribution in [0.2, 0.25) is 5.02 Å². The smallest absolute Gasteiger partial charge is 0.228 e. The van der Waals surface area contributed by atoms with Crippen LogP contribution in [0.3, 0.4) is 0 Å². The Kier molecular flexibility index (Phi) is 8.66. The lowest BCUT2D eigenvalue weighted by Gasteiger charge is -2.11. The van der Waals surface area contributed by atoms with Gasteiger partial charge in [0.05, 0.1) is 18.2 Å². The van der Waals surface area contributed by atoms with Gasteiger partial charge in [-0.2, -0.15) is 0 Å². The molecule has 0 aliphatic rings. The third-order valence-corrected chi connectivity index (χ3v) is 4.90. The molecule has 1 heterocycles. The van der Waals surface area contributed by atoms with Crippen LogP contribution < -0.4 is 11.1 Å². The van der Waals surface area contributed by atoms with E-state index in [1.807, 2.05) is 31.2 Å². The maximum absolute atomic E-state index is 12.0. The molecule has 2 aromatic rings. The molecule has 2 rings (SSSR count). The SMILES string of the molecule is COC(CN)CC(=O)Nc1nc(C)c(Cc2ccccc2Cl)s1.Cl. The van der Waals surface area contributed by atoms with Crippen molar-refractivity contribution in [3.05, 3.63) is 45.4 Å². The van der Waals surface area contributed by atoms with E-state index in [2.05, 4.69) is 10.3 Å². The van der Waals surface area contributed by atoms with Crippen LogP contribution in [-0.4, -0.2) is 30.6 Å². The van der Waals surface area contributed by atoms with E-state index in [4.69, 9.17) is 22.1 Å². The van der Waals surface area contributed by atoms with Crippen molar-refractivity contribution < 1.29 is 9.53 Å². The summed E-state index contributed by atoms with van der Waals surface area (Å²) in [7, 11) is 1.54. The minimum atomic E-state index is -0.279. The molecule has 1 unspecified atom stereocenters. The molecule has 0 aliphatic carbocycles. The molecule has 132 valence electrons. The quantitative estimate of drug-likeness (QED) is 0.760. The van der Waals surface area contributed by atoms with Crippen molar-refractivity contribution in [2.75, 3.05) is 19.0 Å². The summed E-state index contributed by atoms with van der Waals surface area (Å²) in [5.41, 5.74) is 7.46. The number of methoxy groups -OCH3 is 1. The zero-order valence-electron chi connectivity index (χ0n) is 13.5. The van der Waals surface area contributed by atoms with Crippen molar-refractivity contribution in [1.82, 2.24) is 4.98 Å². The van der Waals surface area contributed by atoms with Gasteiger partial charge in [-0.3, -0.25) is 4.79 Å². The predicted molar refractivity (Wildman–Crippen MR) is 101 cm³/mol. The van der Waals surface area contributed by atoms with E-state index < -0.39 is 0 Å². The van der Waals surface area contributed by atoms with Gasteiger partial charge in [0.25, 0.3) is 0 Å². The van der Waals surface area contributed by atoms with Crippen molar-refractivity contribution >= 4 is 46.4 Å². The second-order valence-electron chi connectivity index (χ2n) is 5.14. The van der Waals surface area contributed by atoms with Crippen LogP contribution >= 0.6 is 35.3 Å². The lowest BCUT2D eigenvalue weighted by atomic mass is 10.1. The monoisotopic (exact) mass is 389 g/mol. The summed E-state index contributed by atoms with van der Waals surface area (Å²) in [4.78, 5) is 17.5. The molecule has 0 saturated heterocycles. The normalized spacial score (nSPS) is 11.7. The molecule has 0 bridgehead atoms. The lowest BCUT2D eigenvalue weighted by Crippen LogP contribution is -2.28. The first-order valence-corrected chi connectivity index (χ1v) is 8.45. The minimum Gasteiger partial charge on any atom is -0.380 e. The van der Waals surface area contributed by atoms with Gasteiger partial charge in [-0.1, -0.05) is 29.8 Å². The van der Waals surface area contributed by atoms with Crippen LogP contribution in [-0.2, 0) is 16.0 Å². The van der Waals surface area contributed by atoms with E-state index >= 15 is 0 Å². The number of thiazole rings is 1. The number of rotatable bonds is 7. The molecule has 1 aromatic heterocycles. The van der Waals surface area contributed by atoms with Gasteiger partial charge in [0.15, 0.2) is 5.13 Å². The van der Waals surface area contributed by atoms with Crippen molar-refractivity contribution in [2.45, 2.75) is 25.9 Å². The molecular weight excluding hydrogens is 369 g/mol. The third-order valence-electron chi connectivity index (χ3n) is 3.46. The zero-order valence-corrected chi connectivity index (χ0v) is 15.9. The lowest BCUT2D eigenvalue weighted by molar-refractivity contribution is -0.118. The highest BCUT2D eigenvalue weighted by Gasteiger charge is 2.15. The Hall–Kier alpha value is -1.18. The van der Waals surface area contributed by atoms with Gasteiger partial charge in [-0.25, -0.2) is 4.98 Å². The number of ether oxygens (including phenoxy) is 1. The second-order valence-corrected chi connectivity index (χ2v) is 6.63. The van der Waals surface area contributed by atoms with E-state index in [0.29, 0.717) is 18.1 Å². The first-order chi connectivity index (χ1) is 11.0. The Morgan fingerprint density at radius 1 is 1.46 bits per heavy atom. The number of amides is 1. The van der Waals surface area contributed by atoms with Crippen LogP contribution in [0, 0.1) is 6.92 Å². The predicted octanol–water partition coefficient (Wildman–Crippen LogP) is 3.42. The Morgan fingerprint density at radius 3 is 2.79 bits per heavy atom. The highest BCUT2D eigenvalue weighted by Crippen LogP contribution is 2.27. The Labute approximate surface area is 157 Å². The summed E-state index contributed by atoms with van der Waals surface area (Å²) < 4.78 is 5.11. The topological polar surface area (TPSA) is 77.2 Å². The van der Waals surface area contributed by atoms with Gasteiger partial charge in [0, 0.05) is 30.0 Å². The first-order valence-electron chi connectivity index (χ1n) is 7.26. The fourth-order valence-electron chi connectivity index (χ4n) is 2.10. The number of nitrogens with two attached hydrogens (primary N) is 1. The third kappa shape index (κ3) is 5.72. The number of nitrogens with one attached hydrogen (secondary N) is 1. The molecule has 0 spiro atoms. The highest BCUT2D eigenvalue weighted by molar-refractivity contribution is 7.15. The highest BCUT2D eigenvalue weighted by atomic mass is 35.5. The number of carbonyl (C=O) groups excluding carboxylic acids is 1. The van der Waals surface area contributed by atoms with Gasteiger partial charge in [-0.15, -0.1) is 23.7 Å². The number of aromatic nitrogens is 1. The van der Waals surface area contributed by atoms with Crippen molar-refractivity contribution in [1.29, 1.82) is 0 Å². The molecule has 1 atom stereocenters. The first kappa shape index (κ1) is 20.9. The molecule has 1 aromatic carbocycles. The summed E-state index contributed by atoms with van der Waals surface area (Å²) >= 11 is 7.66. The summed E-state index contributed by atoms with van der Waals surface area (Å²) in [6.45, 7) is 2.23. The number of hydrogen-bond acceptors (Lipinski definition) is 5. The van der Waals surface area contributed by atoms with E-state index in [9.17, 15) is 4.79 Å². The number of halogens is 2. The van der Waals surface area contributed by atoms with Gasteiger partial charge >= 0.3 is 0 Å². The summed E-state index contributed by atoms with van der Waals surface area (Å²) in [6, 6.07) is 7.72. The van der Waals surface area contributed by atoms with E-state index in [-0.39, 0.29) is 30.8 Å². The molecule has 1 amide bonds. The molecule has 8 heteroatoms. The van der Waals surface area contributed by atoms with Crippen LogP contribution in [0.15, 0.2) is 24.3 Å². The average Bonchev–Trinajstić information content (AvgIpc) is 2.86. The molecular formula is C16H21Cl2N3O2S. The second kappa shape index (κ2) is 9.96. The van der Waals surface area contributed by atoms with Crippen LogP contribution in [0.5, 0.6) is 0 Å². The molecule has 0 radical (unpaired) electrons. The Morgan fingerprint density at radius 2 is 2.17 bits per heavy atom. The molecule has 0 aliphatic heterocycles. The number of nitrogens with zero attached hydrogens (tertiary/aromatic N) is 1. The minimum absolute atomic E-state index is 0. The summed E-state index contributed by atoms with van der Waals surface area (Å²) in [5, 5.41) is 4.12. The van der Waals surface area contributed by atoms with Crippen molar-refractivity contribution in [2.24, 2.45) is 5.73 Å². The van der Waals surface area contributed by atoms with Gasteiger partial charge < -0.3 is 15.8 Å². The summed E-state index contributed by atoms with van der Waals surface area (Å²) in [5.74, 6) is -0.152. The number of carbonyl (C=O) groups is 1. The molecule has 0 saturated carbocycles. The molecule has 3 N–H and O–H groups in total. The zero-order chi connectivity index (χ0) is 16.8. The fourth-order valence-corrected chi connectivity index (χ4v) is 3.30. The maximum Gasteiger partial charge on any atom is 0.228 e. The van der Waals surface area contributed by atoms with Gasteiger partial charge in [0.1, 0.15) is 0 Å². The van der Waals surface area contributed by atoms with Crippen LogP contribution in [0.1, 0.15) is 22.6 Å². The standard InChI is InChI=1S/C16H20ClN3O2S.ClH/c1-10-14(7-11-5-3-4-6-13(11)17)23-16(19-10)20-15(21)8-12(9-18)22-2;/h3-6,12H,7-9,18H2,1-2H3,(H,19,20,21);1H. The Balaban J connectivity index is 0.00000288. The van der Waals surface area contributed by atoms with Crippen molar-refractivity contribution in [3.63, 3.8) is 0 Å². The van der Waals surface area contributed by atoms with Crippen LogP contribution in [0.25, 0.3) is 0 Å². The largest absolute Gasteiger partial charge is 0.380 e. The average molecular weight is 390 g/mol. The van der Waals surface area contributed by atoms with E-state index in [1.165, 1.54) is 11.3 Å². The number of benzene rings is 1. The maximum atomic E-state index is 12.0. The Bertz CT molecular complexity index is 675. The van der Waals surface area contributed by atoms with E-state index in [1.54, 1.807) is 7.11 Å². The molecule has 24 heavy (non-hydrogen) atoms. The molecule has 5 nitrogen and oxygen atoms in total. The summed E-state index contributed by atoms with van der Waals surface area (Å²) in [6.07, 6.45) is 0.632.